The van der Waals surface area contributed by atoms with E-state index in [1.54, 1.807) is 16.6 Å². The number of fused-ring (bicyclic) bond motifs is 1. The molecule has 0 bridgehead atoms. The second-order valence-corrected chi connectivity index (χ2v) is 10.7. The van der Waals surface area contributed by atoms with Crippen LogP contribution < -0.4 is 11.2 Å². The number of nitrogens with one attached hydrogen (secondary N) is 1. The summed E-state index contributed by atoms with van der Waals surface area (Å²) in [5, 5.41) is 9.01. The van der Waals surface area contributed by atoms with Gasteiger partial charge in [0.2, 0.25) is 5.89 Å². The van der Waals surface area contributed by atoms with Gasteiger partial charge in [-0.15, -0.1) is 0 Å². The summed E-state index contributed by atoms with van der Waals surface area (Å²) in [6.45, 7) is 6.44. The lowest BCUT2D eigenvalue weighted by atomic mass is 10.0. The highest BCUT2D eigenvalue weighted by Gasteiger charge is 2.32. The van der Waals surface area contributed by atoms with Crippen molar-refractivity contribution in [2.45, 2.75) is 45.3 Å². The lowest BCUT2D eigenvalue weighted by Crippen LogP contribution is -2.43. The summed E-state index contributed by atoms with van der Waals surface area (Å²) in [6, 6.07) is 14.9. The summed E-state index contributed by atoms with van der Waals surface area (Å²) in [7, 11) is 1.63. The Labute approximate surface area is 232 Å². The van der Waals surface area contributed by atoms with Crippen LogP contribution in [0.15, 0.2) is 58.0 Å². The summed E-state index contributed by atoms with van der Waals surface area (Å²) >= 11 is 0. The number of carbonyl (C=O) groups excluding carboxylic acids is 2. The maximum absolute atomic E-state index is 12.8. The molecule has 40 heavy (non-hydrogen) atoms. The van der Waals surface area contributed by atoms with Crippen LogP contribution in [0.3, 0.4) is 0 Å². The minimum absolute atomic E-state index is 0.133. The van der Waals surface area contributed by atoms with E-state index in [9.17, 15) is 9.59 Å². The summed E-state index contributed by atoms with van der Waals surface area (Å²) in [5.41, 5.74) is 12.7. The number of hydrazone groups is 1. The molecule has 0 saturated carbocycles. The van der Waals surface area contributed by atoms with Crippen molar-refractivity contribution in [2.24, 2.45) is 10.8 Å². The van der Waals surface area contributed by atoms with Gasteiger partial charge in [0.25, 0.3) is 0 Å². The molecule has 1 saturated heterocycles. The van der Waals surface area contributed by atoms with Crippen molar-refractivity contribution < 1.29 is 18.7 Å². The molecule has 208 valence electrons. The number of piperidine rings is 1. The van der Waals surface area contributed by atoms with Gasteiger partial charge in [0.15, 0.2) is 17.7 Å². The molecule has 11 nitrogen and oxygen atoms in total. The maximum Gasteiger partial charge on any atom is 0.410 e. The Morgan fingerprint density at radius 3 is 2.58 bits per heavy atom. The van der Waals surface area contributed by atoms with Crippen molar-refractivity contribution in [1.82, 2.24) is 25.1 Å². The SMILES string of the molecule is CN/N=C(/N)c1c(-c2ccc(-c3nc4ccccc4o3)cc2)nn(C2CCCN(C(=O)OC(C)(C)C)C2)c1C=O. The zero-order chi connectivity index (χ0) is 28.4. The number of hydrogen-bond acceptors (Lipinski definition) is 8. The largest absolute Gasteiger partial charge is 0.444 e. The second kappa shape index (κ2) is 10.8. The molecule has 2 aromatic carbocycles. The van der Waals surface area contributed by atoms with Gasteiger partial charge in [0.05, 0.1) is 11.6 Å². The van der Waals surface area contributed by atoms with Gasteiger partial charge >= 0.3 is 6.09 Å². The predicted octanol–water partition coefficient (Wildman–Crippen LogP) is 4.58. The van der Waals surface area contributed by atoms with E-state index in [-0.39, 0.29) is 18.0 Å². The van der Waals surface area contributed by atoms with Gasteiger partial charge in [-0.1, -0.05) is 24.3 Å². The molecule has 1 aliphatic rings. The molecular weight excluding hydrogens is 510 g/mol. The van der Waals surface area contributed by atoms with E-state index in [1.165, 1.54) is 0 Å². The van der Waals surface area contributed by atoms with Crippen LogP contribution >= 0.6 is 0 Å². The smallest absolute Gasteiger partial charge is 0.410 e. The van der Waals surface area contributed by atoms with Gasteiger partial charge in [0, 0.05) is 31.3 Å². The highest BCUT2D eigenvalue weighted by atomic mass is 16.6. The number of para-hydroxylation sites is 2. The van der Waals surface area contributed by atoms with E-state index in [4.69, 9.17) is 20.0 Å². The van der Waals surface area contributed by atoms with Crippen LogP contribution in [0.4, 0.5) is 4.79 Å². The Hall–Kier alpha value is -4.67. The third-order valence-corrected chi connectivity index (χ3v) is 6.64. The van der Waals surface area contributed by atoms with Gasteiger partial charge in [-0.2, -0.15) is 10.2 Å². The number of nitrogens with zero attached hydrogens (tertiary/aromatic N) is 5. The van der Waals surface area contributed by atoms with Crippen molar-refractivity contribution >= 4 is 29.3 Å². The molecule has 1 unspecified atom stereocenters. The molecule has 5 rings (SSSR count). The fourth-order valence-electron chi connectivity index (χ4n) is 4.88. The number of likely N-dealkylation sites (tertiary alicyclic amines) is 1. The number of amides is 1. The van der Waals surface area contributed by atoms with Crippen LogP contribution in [0, 0.1) is 0 Å². The topological polar surface area (TPSA) is 141 Å². The van der Waals surface area contributed by atoms with E-state index in [2.05, 4.69) is 15.5 Å². The number of carbonyl (C=O) groups is 2. The standard InChI is InChI=1S/C29H33N7O4/c1-29(2,3)40-28(38)35-15-7-8-20(16-35)36-22(17-37)24(26(30)33-31-4)25(34-36)18-11-13-19(14-12-18)27-32-21-9-5-6-10-23(21)39-27/h5-6,9-14,17,20,31H,7-8,15-16H2,1-4H3,(H2,30,33). The summed E-state index contributed by atoms with van der Waals surface area (Å²) in [4.78, 5) is 31.5. The second-order valence-electron chi connectivity index (χ2n) is 10.7. The molecule has 0 radical (unpaired) electrons. The van der Waals surface area contributed by atoms with E-state index >= 15 is 0 Å². The number of amidine groups is 1. The zero-order valence-electron chi connectivity index (χ0n) is 23.0. The summed E-state index contributed by atoms with van der Waals surface area (Å²) < 4.78 is 13.2. The van der Waals surface area contributed by atoms with Gasteiger partial charge in [-0.05, 0) is 57.9 Å². The highest BCUT2D eigenvalue weighted by molar-refractivity contribution is 6.08. The fraction of sp³-hybridized carbons (Fsp3) is 0.345. The lowest BCUT2D eigenvalue weighted by Gasteiger charge is -2.34. The minimum atomic E-state index is -0.605. The first-order valence-corrected chi connectivity index (χ1v) is 13.2. The number of rotatable bonds is 6. The Kier molecular flexibility index (Phi) is 7.29. The highest BCUT2D eigenvalue weighted by Crippen LogP contribution is 2.32. The molecule has 1 amide bonds. The summed E-state index contributed by atoms with van der Waals surface area (Å²) in [6.07, 6.45) is 1.83. The fourth-order valence-corrected chi connectivity index (χ4v) is 4.88. The average Bonchev–Trinajstić information content (AvgIpc) is 3.54. The Balaban J connectivity index is 1.51. The first kappa shape index (κ1) is 26.9. The molecule has 1 atom stereocenters. The molecule has 11 heteroatoms. The number of aromatic nitrogens is 3. The normalized spacial score (nSPS) is 16.2. The van der Waals surface area contributed by atoms with Crippen molar-refractivity contribution in [3.05, 3.63) is 59.8 Å². The average molecular weight is 544 g/mol. The molecule has 4 aromatic rings. The first-order valence-electron chi connectivity index (χ1n) is 13.2. The van der Waals surface area contributed by atoms with Crippen LogP contribution in [0.2, 0.25) is 0 Å². The molecule has 0 aliphatic carbocycles. The van der Waals surface area contributed by atoms with Crippen LogP contribution in [0.25, 0.3) is 33.8 Å². The maximum atomic E-state index is 12.8. The monoisotopic (exact) mass is 543 g/mol. The number of oxazole rings is 1. The lowest BCUT2D eigenvalue weighted by molar-refractivity contribution is 0.0167. The van der Waals surface area contributed by atoms with E-state index in [0.29, 0.717) is 41.5 Å². The molecular formula is C29H33N7O4. The number of benzene rings is 2. The van der Waals surface area contributed by atoms with Crippen LogP contribution in [-0.4, -0.2) is 63.6 Å². The predicted molar refractivity (Wildman–Crippen MR) is 152 cm³/mol. The Bertz CT molecular complexity index is 1530. The van der Waals surface area contributed by atoms with Crippen molar-refractivity contribution in [2.75, 3.05) is 20.1 Å². The number of aldehydes is 1. The third kappa shape index (κ3) is 5.40. The van der Waals surface area contributed by atoms with Crippen LogP contribution in [-0.2, 0) is 4.74 Å². The van der Waals surface area contributed by atoms with Crippen LogP contribution in [0.1, 0.15) is 55.7 Å². The molecule has 2 aromatic heterocycles. The molecule has 3 heterocycles. The molecule has 0 spiro atoms. The number of ether oxygens (including phenoxy) is 1. The van der Waals surface area contributed by atoms with Gasteiger partial charge < -0.3 is 25.2 Å². The van der Waals surface area contributed by atoms with E-state index in [0.717, 1.165) is 35.8 Å². The zero-order valence-corrected chi connectivity index (χ0v) is 23.0. The van der Waals surface area contributed by atoms with E-state index in [1.807, 2.05) is 69.3 Å². The van der Waals surface area contributed by atoms with Crippen molar-refractivity contribution in [1.29, 1.82) is 0 Å². The minimum Gasteiger partial charge on any atom is -0.444 e. The quantitative estimate of drug-likeness (QED) is 0.156. The molecule has 1 aliphatic heterocycles. The first-order chi connectivity index (χ1) is 19.2. The van der Waals surface area contributed by atoms with Gasteiger partial charge in [-0.25, -0.2) is 9.78 Å². The molecule has 3 N–H and O–H groups in total. The third-order valence-electron chi connectivity index (χ3n) is 6.64. The van der Waals surface area contributed by atoms with E-state index < -0.39 is 5.60 Å². The Morgan fingerprint density at radius 2 is 1.90 bits per heavy atom. The van der Waals surface area contributed by atoms with Crippen LogP contribution in [0.5, 0.6) is 0 Å². The number of hydrogen-bond donors (Lipinski definition) is 2. The van der Waals surface area contributed by atoms with Gasteiger partial charge in [0.1, 0.15) is 22.5 Å². The van der Waals surface area contributed by atoms with Crippen molar-refractivity contribution in [3.63, 3.8) is 0 Å². The Morgan fingerprint density at radius 1 is 1.18 bits per heavy atom. The summed E-state index contributed by atoms with van der Waals surface area (Å²) in [5.74, 6) is 0.640. The number of nitrogens with two attached hydrogens (primary N) is 1. The molecule has 1 fully saturated rings. The van der Waals surface area contributed by atoms with Gasteiger partial charge in [-0.3, -0.25) is 9.48 Å². The van der Waals surface area contributed by atoms with Crippen molar-refractivity contribution in [3.8, 4) is 22.7 Å².